The van der Waals surface area contributed by atoms with Crippen molar-refractivity contribution in [2.24, 2.45) is 0 Å². The van der Waals surface area contributed by atoms with Crippen LogP contribution in [0.1, 0.15) is 22.3 Å². The molecule has 1 unspecified atom stereocenters. The first kappa shape index (κ1) is 24.5. The van der Waals surface area contributed by atoms with E-state index in [1.807, 2.05) is 11.8 Å². The molecule has 7 aromatic carbocycles. The summed E-state index contributed by atoms with van der Waals surface area (Å²) in [5.41, 5.74) is 11.1. The predicted molar refractivity (Wildman–Crippen MR) is 180 cm³/mol. The van der Waals surface area contributed by atoms with Crippen molar-refractivity contribution in [2.45, 2.75) is 15.2 Å². The fraction of sp³-hybridized carbons (Fsp3) is 0.0244. The van der Waals surface area contributed by atoms with Crippen molar-refractivity contribution in [3.63, 3.8) is 0 Å². The van der Waals surface area contributed by atoms with Crippen molar-refractivity contribution in [1.82, 2.24) is 0 Å². The molecule has 2 aliphatic rings. The molecule has 1 spiro atoms. The second-order valence-corrected chi connectivity index (χ2v) is 12.4. The molecule has 1 aliphatic carbocycles. The van der Waals surface area contributed by atoms with Gasteiger partial charge in [0, 0.05) is 26.9 Å². The number of anilines is 3. The topological polar surface area (TPSA) is 3.24 Å². The normalized spacial score (nSPS) is 15.9. The molecule has 9 rings (SSSR count). The van der Waals surface area contributed by atoms with Crippen molar-refractivity contribution in [1.29, 1.82) is 0 Å². The Labute approximate surface area is 256 Å². The molecule has 7 aromatic rings. The molecule has 1 atom stereocenters. The van der Waals surface area contributed by atoms with Gasteiger partial charge < -0.3 is 4.90 Å². The lowest BCUT2D eigenvalue weighted by Crippen LogP contribution is -2.32. The van der Waals surface area contributed by atoms with E-state index >= 15 is 0 Å². The predicted octanol–water partition coefficient (Wildman–Crippen LogP) is 11.1. The Bertz CT molecular complexity index is 2130. The van der Waals surface area contributed by atoms with E-state index in [-0.39, 0.29) is 0 Å². The summed E-state index contributed by atoms with van der Waals surface area (Å²) >= 11 is 1.90. The maximum absolute atomic E-state index is 2.47. The Morgan fingerprint density at radius 3 is 1.84 bits per heavy atom. The summed E-state index contributed by atoms with van der Waals surface area (Å²) < 4.78 is 0. The number of hydrogen-bond acceptors (Lipinski definition) is 2. The van der Waals surface area contributed by atoms with Gasteiger partial charge in [0.1, 0.15) is 0 Å². The Hall–Kier alpha value is -5.05. The van der Waals surface area contributed by atoms with E-state index in [9.17, 15) is 0 Å². The van der Waals surface area contributed by atoms with Crippen LogP contribution in [0.4, 0.5) is 17.1 Å². The van der Waals surface area contributed by atoms with Crippen LogP contribution in [0, 0.1) is 0 Å². The standard InChI is InChI=1S/C41H27NS/c1-3-14-29(15-4-1)42(30-16-5-2-6-17-30)31-24-25-34-33-19-9-10-20-35(33)41(37(34)27-31)36-21-11-12-22-38(36)43-39-26-23-28-13-7-8-18-32(28)40(39)41/h1-27H. The monoisotopic (exact) mass is 565 g/mol. The van der Waals surface area contributed by atoms with Gasteiger partial charge in [-0.1, -0.05) is 127 Å². The summed E-state index contributed by atoms with van der Waals surface area (Å²) in [6.45, 7) is 0. The molecule has 0 saturated carbocycles. The van der Waals surface area contributed by atoms with Gasteiger partial charge in [-0.2, -0.15) is 0 Å². The van der Waals surface area contributed by atoms with Crippen LogP contribution < -0.4 is 4.90 Å². The Balaban J connectivity index is 1.42. The molecule has 0 amide bonds. The first-order chi connectivity index (χ1) is 21.3. The van der Waals surface area contributed by atoms with Gasteiger partial charge in [-0.05, 0) is 92.7 Å². The highest BCUT2D eigenvalue weighted by atomic mass is 32.2. The summed E-state index contributed by atoms with van der Waals surface area (Å²) in [6, 6.07) is 60.2. The highest BCUT2D eigenvalue weighted by Crippen LogP contribution is 2.63. The molecular formula is C41H27NS. The minimum atomic E-state index is -0.445. The van der Waals surface area contributed by atoms with Crippen molar-refractivity contribution in [3.8, 4) is 11.1 Å². The maximum Gasteiger partial charge on any atom is 0.0742 e. The van der Waals surface area contributed by atoms with E-state index in [1.165, 1.54) is 53.9 Å². The summed E-state index contributed by atoms with van der Waals surface area (Å²) in [5, 5.41) is 2.59. The number of benzene rings is 7. The van der Waals surface area contributed by atoms with E-state index in [1.54, 1.807) is 0 Å². The van der Waals surface area contributed by atoms with Gasteiger partial charge in [0.2, 0.25) is 0 Å². The van der Waals surface area contributed by atoms with Crippen LogP contribution in [0.15, 0.2) is 174 Å². The average molecular weight is 566 g/mol. The van der Waals surface area contributed by atoms with Crippen LogP contribution in [0.25, 0.3) is 21.9 Å². The van der Waals surface area contributed by atoms with Gasteiger partial charge in [-0.15, -0.1) is 0 Å². The van der Waals surface area contributed by atoms with Crippen LogP contribution in [0.2, 0.25) is 0 Å². The van der Waals surface area contributed by atoms with Gasteiger partial charge >= 0.3 is 0 Å². The number of hydrogen-bond donors (Lipinski definition) is 0. The zero-order valence-corrected chi connectivity index (χ0v) is 24.3. The van der Waals surface area contributed by atoms with Crippen LogP contribution in [0.5, 0.6) is 0 Å². The summed E-state index contributed by atoms with van der Waals surface area (Å²) in [7, 11) is 0. The molecule has 0 bridgehead atoms. The molecule has 1 aliphatic heterocycles. The third-order valence-electron chi connectivity index (χ3n) is 9.09. The van der Waals surface area contributed by atoms with Gasteiger partial charge in [0.15, 0.2) is 0 Å². The van der Waals surface area contributed by atoms with Crippen molar-refractivity contribution in [2.75, 3.05) is 4.90 Å². The second-order valence-electron chi connectivity index (χ2n) is 11.3. The van der Waals surface area contributed by atoms with Crippen LogP contribution in [-0.4, -0.2) is 0 Å². The molecular weight excluding hydrogens is 539 g/mol. The summed E-state index contributed by atoms with van der Waals surface area (Å²) in [6.07, 6.45) is 0. The third kappa shape index (κ3) is 3.48. The molecule has 0 radical (unpaired) electrons. The molecule has 202 valence electrons. The molecule has 0 aromatic heterocycles. The van der Waals surface area contributed by atoms with Gasteiger partial charge in [0.25, 0.3) is 0 Å². The van der Waals surface area contributed by atoms with Crippen molar-refractivity contribution < 1.29 is 0 Å². The van der Waals surface area contributed by atoms with E-state index < -0.39 is 5.41 Å². The molecule has 0 fully saturated rings. The van der Waals surface area contributed by atoms with E-state index in [0.29, 0.717) is 0 Å². The van der Waals surface area contributed by atoms with Crippen LogP contribution in [-0.2, 0) is 5.41 Å². The lowest BCUT2D eigenvalue weighted by molar-refractivity contribution is 0.730. The fourth-order valence-corrected chi connectivity index (χ4v) is 8.63. The van der Waals surface area contributed by atoms with Gasteiger partial charge in [-0.3, -0.25) is 0 Å². The molecule has 1 heterocycles. The zero-order chi connectivity index (χ0) is 28.4. The van der Waals surface area contributed by atoms with E-state index in [2.05, 4.69) is 169 Å². The van der Waals surface area contributed by atoms with Crippen molar-refractivity contribution >= 4 is 39.6 Å². The first-order valence-corrected chi connectivity index (χ1v) is 15.6. The highest BCUT2D eigenvalue weighted by molar-refractivity contribution is 7.99. The molecule has 43 heavy (non-hydrogen) atoms. The van der Waals surface area contributed by atoms with Crippen LogP contribution in [0.3, 0.4) is 0 Å². The average Bonchev–Trinajstić information content (AvgIpc) is 3.36. The minimum absolute atomic E-state index is 0.445. The Kier molecular flexibility index (Phi) is 5.41. The fourth-order valence-electron chi connectivity index (χ4n) is 7.41. The number of rotatable bonds is 3. The number of nitrogens with zero attached hydrogens (tertiary/aromatic N) is 1. The Morgan fingerprint density at radius 1 is 0.419 bits per heavy atom. The van der Waals surface area contributed by atoms with Gasteiger partial charge in [0.05, 0.1) is 5.41 Å². The maximum atomic E-state index is 2.47. The SMILES string of the molecule is c1ccc(N(c2ccccc2)c2ccc3c(c2)C2(c4ccccc4Sc4ccc5ccccc5c42)c2ccccc2-3)cc1. The highest BCUT2D eigenvalue weighted by Gasteiger charge is 2.51. The number of para-hydroxylation sites is 2. The zero-order valence-electron chi connectivity index (χ0n) is 23.4. The van der Waals surface area contributed by atoms with E-state index in [4.69, 9.17) is 0 Å². The molecule has 0 N–H and O–H groups in total. The number of fused-ring (bicyclic) bond motifs is 11. The molecule has 1 nitrogen and oxygen atoms in total. The van der Waals surface area contributed by atoms with Crippen LogP contribution >= 0.6 is 11.8 Å². The Morgan fingerprint density at radius 2 is 1.05 bits per heavy atom. The smallest absolute Gasteiger partial charge is 0.0742 e. The lowest BCUT2D eigenvalue weighted by Gasteiger charge is -2.41. The minimum Gasteiger partial charge on any atom is -0.310 e. The molecule has 2 heteroatoms. The third-order valence-corrected chi connectivity index (χ3v) is 10.2. The van der Waals surface area contributed by atoms with Crippen molar-refractivity contribution in [3.05, 3.63) is 186 Å². The summed E-state index contributed by atoms with van der Waals surface area (Å²) in [4.78, 5) is 5.03. The first-order valence-electron chi connectivity index (χ1n) is 14.8. The van der Waals surface area contributed by atoms with E-state index in [0.717, 1.165) is 17.1 Å². The summed E-state index contributed by atoms with van der Waals surface area (Å²) in [5.74, 6) is 0. The van der Waals surface area contributed by atoms with Gasteiger partial charge in [-0.25, -0.2) is 0 Å². The largest absolute Gasteiger partial charge is 0.310 e. The second kappa shape index (κ2) is 9.49. The molecule has 0 saturated heterocycles. The lowest BCUT2D eigenvalue weighted by atomic mass is 9.66. The quantitative estimate of drug-likeness (QED) is 0.210.